The van der Waals surface area contributed by atoms with Crippen LogP contribution in [0.2, 0.25) is 5.02 Å². The van der Waals surface area contributed by atoms with Crippen molar-refractivity contribution in [2.45, 2.75) is 12.8 Å². The van der Waals surface area contributed by atoms with Gasteiger partial charge in [-0.15, -0.1) is 0 Å². The number of aryl methyl sites for hydroxylation is 1. The maximum atomic E-state index is 13.7. The molecule has 5 nitrogen and oxygen atoms in total. The second-order valence-electron chi connectivity index (χ2n) is 8.10. The van der Waals surface area contributed by atoms with E-state index in [2.05, 4.69) is 33.7 Å². The number of nitrogens with zero attached hydrogens (tertiary/aromatic N) is 1. The number of carbonyl (C=O) groups is 1. The van der Waals surface area contributed by atoms with Gasteiger partial charge in [0, 0.05) is 18.0 Å². The van der Waals surface area contributed by atoms with E-state index < -0.39 is 0 Å². The van der Waals surface area contributed by atoms with E-state index in [1.807, 2.05) is 30.3 Å². The summed E-state index contributed by atoms with van der Waals surface area (Å²) in [6, 6.07) is 18.4. The van der Waals surface area contributed by atoms with E-state index in [0.717, 1.165) is 39.6 Å². The topological polar surface area (TPSA) is 78.0 Å². The minimum absolute atomic E-state index is 0.0983. The standard InChI is InChI=1S/C28H25ClFN3O2/c29-26-17-24(30)9-10-25(26)22(8-5-21-6-11-27-23(16-21)18-32-33-27)15-20-3-1-19(2-4-20)7-12-28(35)31-13-14-34/h1-4,6-7,9-12,15-18,34H,5,8,13-14H2,(H,31,35)(H,32,33)/b12-7+,22-15+. The molecule has 1 aromatic heterocycles. The lowest BCUT2D eigenvalue weighted by Gasteiger charge is -2.11. The van der Waals surface area contributed by atoms with Crippen LogP contribution in [0.25, 0.3) is 28.6 Å². The third-order valence-electron chi connectivity index (χ3n) is 5.58. The predicted molar refractivity (Wildman–Crippen MR) is 139 cm³/mol. The van der Waals surface area contributed by atoms with Crippen LogP contribution in [0.3, 0.4) is 0 Å². The van der Waals surface area contributed by atoms with Crippen LogP contribution in [0.15, 0.2) is 72.9 Å². The summed E-state index contributed by atoms with van der Waals surface area (Å²) in [5.74, 6) is -0.632. The van der Waals surface area contributed by atoms with Gasteiger partial charge in [-0.25, -0.2) is 4.39 Å². The summed E-state index contributed by atoms with van der Waals surface area (Å²) in [4.78, 5) is 11.7. The van der Waals surface area contributed by atoms with Crippen LogP contribution < -0.4 is 5.32 Å². The third-order valence-corrected chi connectivity index (χ3v) is 5.89. The van der Waals surface area contributed by atoms with Crippen LogP contribution in [0.4, 0.5) is 4.39 Å². The van der Waals surface area contributed by atoms with Crippen molar-refractivity contribution in [3.8, 4) is 0 Å². The number of amides is 1. The van der Waals surface area contributed by atoms with Gasteiger partial charge in [0.05, 0.1) is 23.3 Å². The molecule has 0 unspecified atom stereocenters. The van der Waals surface area contributed by atoms with Crippen molar-refractivity contribution in [2.24, 2.45) is 0 Å². The summed E-state index contributed by atoms with van der Waals surface area (Å²) in [6.07, 6.45) is 8.49. The van der Waals surface area contributed by atoms with Gasteiger partial charge in [-0.3, -0.25) is 9.89 Å². The monoisotopic (exact) mass is 489 g/mol. The van der Waals surface area contributed by atoms with Gasteiger partial charge in [-0.2, -0.15) is 5.10 Å². The molecule has 0 bridgehead atoms. The fraction of sp³-hybridized carbons (Fsp3) is 0.143. The minimum atomic E-state index is -0.373. The molecule has 4 aromatic rings. The average molecular weight is 490 g/mol. The van der Waals surface area contributed by atoms with Crippen LogP contribution >= 0.6 is 11.6 Å². The van der Waals surface area contributed by atoms with E-state index in [1.54, 1.807) is 18.3 Å². The van der Waals surface area contributed by atoms with Crippen molar-refractivity contribution >= 4 is 46.1 Å². The molecule has 7 heteroatoms. The first-order chi connectivity index (χ1) is 17.0. The number of aromatic nitrogens is 2. The molecule has 1 heterocycles. The fourth-order valence-corrected chi connectivity index (χ4v) is 4.06. The van der Waals surface area contributed by atoms with E-state index >= 15 is 0 Å². The van der Waals surface area contributed by atoms with Gasteiger partial charge in [0.25, 0.3) is 0 Å². The first-order valence-corrected chi connectivity index (χ1v) is 11.6. The number of aliphatic hydroxyl groups is 1. The highest BCUT2D eigenvalue weighted by atomic mass is 35.5. The number of aromatic amines is 1. The van der Waals surface area contributed by atoms with Crippen LogP contribution in [0.5, 0.6) is 0 Å². The second-order valence-corrected chi connectivity index (χ2v) is 8.51. The SMILES string of the molecule is O=C(/C=C/c1ccc(/C=C(\CCc2ccc3[nH]ncc3c2)c2ccc(F)cc2Cl)cc1)NCCO. The first kappa shape index (κ1) is 24.4. The molecule has 178 valence electrons. The highest BCUT2D eigenvalue weighted by molar-refractivity contribution is 6.32. The predicted octanol–water partition coefficient (Wildman–Crippen LogP) is 5.65. The van der Waals surface area contributed by atoms with Gasteiger partial charge in [-0.05, 0) is 71.0 Å². The van der Waals surface area contributed by atoms with E-state index in [4.69, 9.17) is 16.7 Å². The molecule has 3 N–H and O–H groups in total. The Hall–Kier alpha value is -3.74. The summed E-state index contributed by atoms with van der Waals surface area (Å²) in [5.41, 5.74) is 5.79. The molecule has 0 spiro atoms. The van der Waals surface area contributed by atoms with Crippen molar-refractivity contribution in [3.05, 3.63) is 106 Å². The Labute approximate surface area is 208 Å². The van der Waals surface area contributed by atoms with E-state index in [9.17, 15) is 9.18 Å². The Bertz CT molecular complexity index is 1380. The Morgan fingerprint density at radius 1 is 1.09 bits per heavy atom. The van der Waals surface area contributed by atoms with E-state index in [1.165, 1.54) is 23.8 Å². The maximum absolute atomic E-state index is 13.7. The van der Waals surface area contributed by atoms with Crippen LogP contribution in [0.1, 0.15) is 28.7 Å². The number of aliphatic hydroxyl groups excluding tert-OH is 1. The van der Waals surface area contributed by atoms with Crippen molar-refractivity contribution in [3.63, 3.8) is 0 Å². The summed E-state index contributed by atoms with van der Waals surface area (Å²) < 4.78 is 13.7. The molecular weight excluding hydrogens is 465 g/mol. The normalized spacial score (nSPS) is 11.9. The Morgan fingerprint density at radius 2 is 1.89 bits per heavy atom. The van der Waals surface area contributed by atoms with Crippen molar-refractivity contribution in [1.82, 2.24) is 15.5 Å². The number of fused-ring (bicyclic) bond motifs is 1. The molecule has 0 radical (unpaired) electrons. The summed E-state index contributed by atoms with van der Waals surface area (Å²) in [5, 5.41) is 19.8. The van der Waals surface area contributed by atoms with Gasteiger partial charge >= 0.3 is 0 Å². The highest BCUT2D eigenvalue weighted by Crippen LogP contribution is 2.30. The largest absolute Gasteiger partial charge is 0.395 e. The zero-order chi connectivity index (χ0) is 24.6. The number of hydrogen-bond donors (Lipinski definition) is 3. The first-order valence-electron chi connectivity index (χ1n) is 11.3. The zero-order valence-electron chi connectivity index (χ0n) is 19.0. The number of carbonyl (C=O) groups excluding carboxylic acids is 1. The molecule has 0 aliphatic carbocycles. The summed E-state index contributed by atoms with van der Waals surface area (Å²) in [7, 11) is 0. The molecule has 3 aromatic carbocycles. The number of H-pyrrole nitrogens is 1. The average Bonchev–Trinajstić information content (AvgIpc) is 3.33. The summed E-state index contributed by atoms with van der Waals surface area (Å²) in [6.45, 7) is 0.122. The molecule has 4 rings (SSSR count). The van der Waals surface area contributed by atoms with Gasteiger partial charge < -0.3 is 10.4 Å². The number of nitrogens with one attached hydrogen (secondary N) is 2. The number of rotatable bonds is 9. The molecule has 0 saturated heterocycles. The Kier molecular flexibility index (Phi) is 8.08. The molecule has 0 saturated carbocycles. The lowest BCUT2D eigenvalue weighted by atomic mass is 9.95. The molecule has 0 aliphatic heterocycles. The number of benzene rings is 3. The lowest BCUT2D eigenvalue weighted by Crippen LogP contribution is -2.24. The van der Waals surface area contributed by atoms with E-state index in [-0.39, 0.29) is 24.9 Å². The molecule has 0 atom stereocenters. The Balaban J connectivity index is 1.56. The van der Waals surface area contributed by atoms with Gasteiger partial charge in [0.1, 0.15) is 5.82 Å². The lowest BCUT2D eigenvalue weighted by molar-refractivity contribution is -0.116. The Morgan fingerprint density at radius 3 is 2.66 bits per heavy atom. The number of allylic oxidation sites excluding steroid dienone is 1. The van der Waals surface area contributed by atoms with Crippen molar-refractivity contribution in [2.75, 3.05) is 13.2 Å². The summed E-state index contributed by atoms with van der Waals surface area (Å²) >= 11 is 6.41. The molecule has 0 fully saturated rings. The van der Waals surface area contributed by atoms with Crippen molar-refractivity contribution in [1.29, 1.82) is 0 Å². The fourth-order valence-electron chi connectivity index (χ4n) is 3.78. The zero-order valence-corrected chi connectivity index (χ0v) is 19.7. The maximum Gasteiger partial charge on any atom is 0.244 e. The van der Waals surface area contributed by atoms with Gasteiger partial charge in [-0.1, -0.05) is 54.1 Å². The van der Waals surface area contributed by atoms with Gasteiger partial charge in [0.2, 0.25) is 5.91 Å². The molecule has 35 heavy (non-hydrogen) atoms. The molecule has 1 amide bonds. The minimum Gasteiger partial charge on any atom is -0.395 e. The highest BCUT2D eigenvalue weighted by Gasteiger charge is 2.10. The van der Waals surface area contributed by atoms with Crippen molar-refractivity contribution < 1.29 is 14.3 Å². The molecule has 0 aliphatic rings. The van der Waals surface area contributed by atoms with Crippen LogP contribution in [0, 0.1) is 5.82 Å². The van der Waals surface area contributed by atoms with Crippen LogP contribution in [-0.2, 0) is 11.2 Å². The third kappa shape index (κ3) is 6.66. The second kappa shape index (κ2) is 11.6. The quantitative estimate of drug-likeness (QED) is 0.210. The van der Waals surface area contributed by atoms with Gasteiger partial charge in [0.15, 0.2) is 0 Å². The number of hydrogen-bond acceptors (Lipinski definition) is 3. The van der Waals surface area contributed by atoms with E-state index in [0.29, 0.717) is 11.4 Å². The van der Waals surface area contributed by atoms with Crippen LogP contribution in [-0.4, -0.2) is 34.4 Å². The molecular formula is C28H25ClFN3O2. The number of halogens is 2. The smallest absolute Gasteiger partial charge is 0.244 e.